The van der Waals surface area contributed by atoms with E-state index in [1.807, 2.05) is 0 Å². The molecule has 2 heterocycles. The van der Waals surface area contributed by atoms with Crippen LogP contribution in [0.15, 0.2) is 11.8 Å². The number of epoxide rings is 1. The maximum Gasteiger partial charge on any atom is 0.317 e. The van der Waals surface area contributed by atoms with E-state index >= 15 is 0 Å². The van der Waals surface area contributed by atoms with Crippen LogP contribution in [-0.2, 0) is 33.3 Å². The molecule has 0 amide bonds. The summed E-state index contributed by atoms with van der Waals surface area (Å²) in [4.78, 5) is 38.2. The molecule has 4 rings (SSSR count). The lowest BCUT2D eigenvalue weighted by molar-refractivity contribution is -0.170. The van der Waals surface area contributed by atoms with Crippen molar-refractivity contribution in [1.82, 2.24) is 0 Å². The summed E-state index contributed by atoms with van der Waals surface area (Å²) in [6.07, 6.45) is 2.47. The maximum atomic E-state index is 12.9. The smallest absolute Gasteiger partial charge is 0.317 e. The molecule has 2 aliphatic heterocycles. The molecule has 4 aliphatic rings. The summed E-state index contributed by atoms with van der Waals surface area (Å²) in [5.74, 6) is -2.70. The molecule has 0 N–H and O–H groups in total. The Bertz CT molecular complexity index is 638. The van der Waals surface area contributed by atoms with Crippen molar-refractivity contribution in [2.75, 3.05) is 14.2 Å². The zero-order chi connectivity index (χ0) is 16.4. The first-order valence-electron chi connectivity index (χ1n) is 7.74. The van der Waals surface area contributed by atoms with Crippen molar-refractivity contribution < 1.29 is 33.3 Å². The first-order valence-corrected chi connectivity index (χ1v) is 7.74. The van der Waals surface area contributed by atoms with Gasteiger partial charge in [0, 0.05) is 12.3 Å². The number of ketones is 1. The molecule has 1 unspecified atom stereocenters. The summed E-state index contributed by atoms with van der Waals surface area (Å²) in [6, 6.07) is 0. The Morgan fingerprint density at radius 1 is 1.26 bits per heavy atom. The van der Waals surface area contributed by atoms with E-state index in [9.17, 15) is 14.4 Å². The monoisotopic (exact) mass is 322 g/mol. The molecular formula is C16H18O7. The van der Waals surface area contributed by atoms with Gasteiger partial charge in [0.15, 0.2) is 0 Å². The van der Waals surface area contributed by atoms with E-state index in [1.165, 1.54) is 20.5 Å². The third-order valence-corrected chi connectivity index (χ3v) is 5.84. The summed E-state index contributed by atoms with van der Waals surface area (Å²) in [5.41, 5.74) is -1.73. The van der Waals surface area contributed by atoms with Crippen LogP contribution in [0.2, 0.25) is 0 Å². The topological polar surface area (TPSA) is 91.4 Å². The van der Waals surface area contributed by atoms with Gasteiger partial charge in [-0.05, 0) is 24.8 Å². The van der Waals surface area contributed by atoms with Gasteiger partial charge >= 0.3 is 11.9 Å². The summed E-state index contributed by atoms with van der Waals surface area (Å²) in [5, 5.41) is 0. The van der Waals surface area contributed by atoms with Crippen LogP contribution in [0.3, 0.4) is 0 Å². The molecule has 0 aromatic carbocycles. The lowest BCUT2D eigenvalue weighted by Gasteiger charge is -2.37. The van der Waals surface area contributed by atoms with Crippen molar-refractivity contribution in [2.45, 2.75) is 37.6 Å². The molecule has 3 fully saturated rings. The fourth-order valence-electron chi connectivity index (χ4n) is 4.83. The van der Waals surface area contributed by atoms with Gasteiger partial charge < -0.3 is 18.9 Å². The molecule has 23 heavy (non-hydrogen) atoms. The first-order chi connectivity index (χ1) is 11.0. The fraction of sp³-hybridized carbons (Fsp3) is 0.688. The molecule has 1 saturated heterocycles. The Labute approximate surface area is 132 Å². The van der Waals surface area contributed by atoms with Crippen molar-refractivity contribution in [3.63, 3.8) is 0 Å². The molecule has 2 bridgehead atoms. The predicted molar refractivity (Wildman–Crippen MR) is 73.7 cm³/mol. The molecule has 2 aliphatic carbocycles. The standard InChI is InChI=1S/C16H18O7/c1-20-12(18)11-15-6-5-10(17)9-4-3-8(7-22-14(15)23-15)16(9,11)13(19)21-2/h7,9,11,14H,3-6H2,1-2H3/t9-,11-,14?,15-,16+/m1/s1. The highest BCUT2D eigenvalue weighted by Gasteiger charge is 2.79. The zero-order valence-corrected chi connectivity index (χ0v) is 13.0. The van der Waals surface area contributed by atoms with Crippen molar-refractivity contribution in [2.24, 2.45) is 17.3 Å². The molecule has 7 heteroatoms. The lowest BCUT2D eigenvalue weighted by atomic mass is 9.62. The van der Waals surface area contributed by atoms with E-state index in [2.05, 4.69) is 0 Å². The second-order valence-electron chi connectivity index (χ2n) is 6.56. The normalized spacial score (nSPS) is 43.3. The Morgan fingerprint density at radius 3 is 2.74 bits per heavy atom. The Kier molecular flexibility index (Phi) is 2.91. The third-order valence-electron chi connectivity index (χ3n) is 5.84. The molecule has 124 valence electrons. The molecular weight excluding hydrogens is 304 g/mol. The van der Waals surface area contributed by atoms with Crippen LogP contribution < -0.4 is 0 Å². The van der Waals surface area contributed by atoms with Gasteiger partial charge in [0.05, 0.1) is 20.5 Å². The van der Waals surface area contributed by atoms with E-state index in [1.54, 1.807) is 0 Å². The molecule has 0 aromatic rings. The van der Waals surface area contributed by atoms with E-state index in [4.69, 9.17) is 18.9 Å². The van der Waals surface area contributed by atoms with Gasteiger partial charge in [-0.2, -0.15) is 0 Å². The Morgan fingerprint density at radius 2 is 2.04 bits per heavy atom. The van der Waals surface area contributed by atoms with E-state index < -0.39 is 41.1 Å². The van der Waals surface area contributed by atoms with Gasteiger partial charge in [-0.1, -0.05) is 0 Å². The highest BCUT2D eigenvalue weighted by molar-refractivity contribution is 5.98. The highest BCUT2D eigenvalue weighted by Crippen LogP contribution is 2.66. The molecule has 2 saturated carbocycles. The van der Waals surface area contributed by atoms with Crippen LogP contribution in [0.5, 0.6) is 0 Å². The second-order valence-corrected chi connectivity index (χ2v) is 6.56. The van der Waals surface area contributed by atoms with Crippen LogP contribution in [0.4, 0.5) is 0 Å². The average molecular weight is 322 g/mol. The van der Waals surface area contributed by atoms with Gasteiger partial charge in [0.2, 0.25) is 6.29 Å². The van der Waals surface area contributed by atoms with Gasteiger partial charge in [0.1, 0.15) is 22.7 Å². The van der Waals surface area contributed by atoms with Crippen LogP contribution in [-0.4, -0.2) is 43.8 Å². The Balaban J connectivity index is 2.01. The second kappa shape index (κ2) is 4.56. The van der Waals surface area contributed by atoms with Gasteiger partial charge in [-0.15, -0.1) is 0 Å². The highest BCUT2D eigenvalue weighted by atomic mass is 16.8. The molecule has 0 aromatic heterocycles. The number of ether oxygens (including phenoxy) is 4. The number of hydrogen-bond donors (Lipinski definition) is 0. The minimum absolute atomic E-state index is 0.0271. The summed E-state index contributed by atoms with van der Waals surface area (Å²) in [7, 11) is 2.54. The number of rotatable bonds is 2. The number of carbonyl (C=O) groups is 3. The predicted octanol–water partition coefficient (Wildman–Crippen LogP) is 0.717. The third kappa shape index (κ3) is 1.56. The SMILES string of the molecule is COC(=O)[C@H]1[C@]2(C(=O)OC)C3=COC4O[C@@]41CCC(=O)[C@H]2CC3. The van der Waals surface area contributed by atoms with Crippen molar-refractivity contribution in [3.05, 3.63) is 11.8 Å². The summed E-state index contributed by atoms with van der Waals surface area (Å²) < 4.78 is 21.4. The molecule has 7 nitrogen and oxygen atoms in total. The molecule has 5 atom stereocenters. The van der Waals surface area contributed by atoms with Gasteiger partial charge in [-0.3, -0.25) is 14.4 Å². The van der Waals surface area contributed by atoms with Crippen molar-refractivity contribution in [3.8, 4) is 0 Å². The van der Waals surface area contributed by atoms with Gasteiger partial charge in [-0.25, -0.2) is 0 Å². The average Bonchev–Trinajstić information content (AvgIpc) is 3.18. The zero-order valence-electron chi connectivity index (χ0n) is 13.0. The van der Waals surface area contributed by atoms with Crippen molar-refractivity contribution >= 4 is 17.7 Å². The summed E-state index contributed by atoms with van der Waals surface area (Å²) in [6.45, 7) is 0. The Hall–Kier alpha value is -1.89. The largest absolute Gasteiger partial charge is 0.469 e. The number of esters is 2. The van der Waals surface area contributed by atoms with Crippen LogP contribution in [0.25, 0.3) is 0 Å². The van der Waals surface area contributed by atoms with E-state index in [-0.39, 0.29) is 12.2 Å². The van der Waals surface area contributed by atoms with Crippen LogP contribution >= 0.6 is 0 Å². The van der Waals surface area contributed by atoms with Gasteiger partial charge in [0.25, 0.3) is 0 Å². The maximum absolute atomic E-state index is 12.9. The molecule has 0 radical (unpaired) electrons. The lowest BCUT2D eigenvalue weighted by Crippen LogP contribution is -2.53. The van der Waals surface area contributed by atoms with Crippen molar-refractivity contribution in [1.29, 1.82) is 0 Å². The number of hydrogen-bond acceptors (Lipinski definition) is 7. The first kappa shape index (κ1) is 14.7. The fourth-order valence-corrected chi connectivity index (χ4v) is 4.83. The summed E-state index contributed by atoms with van der Waals surface area (Å²) >= 11 is 0. The van der Waals surface area contributed by atoms with E-state index in [0.717, 1.165) is 0 Å². The quantitative estimate of drug-likeness (QED) is 0.546. The minimum atomic E-state index is -1.37. The number of Topliss-reactive ketones (excluding diaryl/α,β-unsaturated/α-hetero) is 1. The minimum Gasteiger partial charge on any atom is -0.469 e. The van der Waals surface area contributed by atoms with Crippen LogP contribution in [0.1, 0.15) is 25.7 Å². The van der Waals surface area contributed by atoms with Crippen LogP contribution in [0, 0.1) is 17.3 Å². The number of methoxy groups -OCH3 is 2. The molecule has 1 spiro atoms. The number of carbonyl (C=O) groups excluding carboxylic acids is 3. The van der Waals surface area contributed by atoms with E-state index in [0.29, 0.717) is 24.8 Å².